The van der Waals surface area contributed by atoms with Crippen molar-refractivity contribution in [1.29, 1.82) is 0 Å². The van der Waals surface area contributed by atoms with Crippen molar-refractivity contribution in [3.63, 3.8) is 0 Å². The molecule has 4 rings (SSSR count). The summed E-state index contributed by atoms with van der Waals surface area (Å²) < 4.78 is 12.8. The molecule has 4 aromatic rings. The Bertz CT molecular complexity index is 1290. The lowest BCUT2D eigenvalue weighted by molar-refractivity contribution is 0.0921. The number of ketones is 1. The van der Waals surface area contributed by atoms with Crippen molar-refractivity contribution < 1.29 is 13.9 Å². The Morgan fingerprint density at radius 2 is 2.03 bits per heavy atom. The monoisotopic (exact) mass is 428 g/mol. The zero-order valence-electron chi connectivity index (χ0n) is 16.0. The van der Waals surface area contributed by atoms with Gasteiger partial charge in [-0.25, -0.2) is 9.78 Å². The Hall–Kier alpha value is -2.90. The van der Waals surface area contributed by atoms with Gasteiger partial charge >= 0.3 is 5.63 Å². The van der Waals surface area contributed by atoms with E-state index < -0.39 is 5.63 Å². The molecule has 0 aliphatic heterocycles. The van der Waals surface area contributed by atoms with Crippen LogP contribution in [0.3, 0.4) is 0 Å². The van der Waals surface area contributed by atoms with Crippen LogP contribution in [0.2, 0.25) is 5.02 Å². The number of benzene rings is 1. The highest BCUT2D eigenvalue weighted by Gasteiger charge is 2.19. The Morgan fingerprint density at radius 1 is 1.24 bits per heavy atom. The van der Waals surface area contributed by atoms with E-state index in [1.165, 1.54) is 23.5 Å². The van der Waals surface area contributed by atoms with Crippen molar-refractivity contribution in [3.05, 3.63) is 73.8 Å². The van der Waals surface area contributed by atoms with Crippen LogP contribution in [-0.4, -0.2) is 21.9 Å². The van der Waals surface area contributed by atoms with Crippen molar-refractivity contribution in [3.8, 4) is 10.9 Å². The van der Waals surface area contributed by atoms with E-state index in [1.807, 2.05) is 29.9 Å². The molecule has 0 saturated carbocycles. The number of ether oxygens (including phenoxy) is 1. The molecular weight excluding hydrogens is 412 g/mol. The smallest absolute Gasteiger partial charge is 0.336 e. The first-order valence-electron chi connectivity index (χ1n) is 8.84. The number of Topliss-reactive ketones (excluding diaryl/α,β-unsaturated/α-hetero) is 1. The van der Waals surface area contributed by atoms with Gasteiger partial charge in [-0.2, -0.15) is 0 Å². The molecule has 8 heteroatoms. The van der Waals surface area contributed by atoms with Crippen LogP contribution in [0.25, 0.3) is 16.1 Å². The fourth-order valence-electron chi connectivity index (χ4n) is 3.32. The van der Waals surface area contributed by atoms with Crippen molar-refractivity contribution in [2.45, 2.75) is 20.8 Å². The normalized spacial score (nSPS) is 11.2. The molecule has 0 aliphatic carbocycles. The van der Waals surface area contributed by atoms with E-state index in [-0.39, 0.29) is 18.1 Å². The Balaban J connectivity index is 1.60. The van der Waals surface area contributed by atoms with E-state index in [4.69, 9.17) is 20.8 Å². The summed E-state index contributed by atoms with van der Waals surface area (Å²) in [6, 6.07) is 6.44. The molecular formula is C21H17ClN2O4S. The molecule has 0 saturated heterocycles. The lowest BCUT2D eigenvalue weighted by Gasteiger charge is -2.10. The van der Waals surface area contributed by atoms with E-state index in [1.54, 1.807) is 19.2 Å². The maximum absolute atomic E-state index is 12.8. The van der Waals surface area contributed by atoms with Gasteiger partial charge in [-0.05, 0) is 38.5 Å². The van der Waals surface area contributed by atoms with Crippen molar-refractivity contribution in [2.24, 2.45) is 0 Å². The lowest BCUT2D eigenvalue weighted by atomic mass is 10.1. The molecule has 0 bridgehead atoms. The molecule has 0 spiro atoms. The van der Waals surface area contributed by atoms with Gasteiger partial charge < -0.3 is 9.15 Å². The summed E-state index contributed by atoms with van der Waals surface area (Å²) in [5, 5.41) is 3.76. The van der Waals surface area contributed by atoms with Gasteiger partial charge in [0.15, 0.2) is 11.7 Å². The third-order valence-electron chi connectivity index (χ3n) is 4.70. The molecule has 1 aromatic carbocycles. The van der Waals surface area contributed by atoms with E-state index >= 15 is 0 Å². The highest BCUT2D eigenvalue weighted by Crippen LogP contribution is 2.31. The van der Waals surface area contributed by atoms with Crippen molar-refractivity contribution in [2.75, 3.05) is 6.61 Å². The molecule has 0 amide bonds. The molecule has 0 radical (unpaired) electrons. The molecule has 0 fully saturated rings. The second-order valence-corrected chi connectivity index (χ2v) is 7.95. The number of carbonyl (C=O) groups is 1. The maximum Gasteiger partial charge on any atom is 0.336 e. The fraction of sp³-hybridized carbons (Fsp3) is 0.190. The summed E-state index contributed by atoms with van der Waals surface area (Å²) in [6.07, 6.45) is 1.73. The number of hydrogen-bond acceptors (Lipinski definition) is 6. The second kappa shape index (κ2) is 7.50. The highest BCUT2D eigenvalue weighted by atomic mass is 35.5. The summed E-state index contributed by atoms with van der Waals surface area (Å²) in [7, 11) is 0. The third kappa shape index (κ3) is 3.59. The largest absolute Gasteiger partial charge is 0.484 e. The Morgan fingerprint density at radius 3 is 2.76 bits per heavy atom. The minimum atomic E-state index is -0.450. The second-order valence-electron chi connectivity index (χ2n) is 6.67. The molecule has 148 valence electrons. The van der Waals surface area contributed by atoms with Gasteiger partial charge in [-0.1, -0.05) is 11.6 Å². The first kappa shape index (κ1) is 19.4. The van der Waals surface area contributed by atoms with Crippen LogP contribution in [0, 0.1) is 20.8 Å². The Kier molecular flexibility index (Phi) is 5.02. The number of halogens is 1. The number of aryl methyl sites for hydroxylation is 2. The van der Waals surface area contributed by atoms with Crippen LogP contribution in [0.1, 0.15) is 27.3 Å². The van der Waals surface area contributed by atoms with E-state index in [2.05, 4.69) is 4.98 Å². The van der Waals surface area contributed by atoms with Gasteiger partial charge in [-0.3, -0.25) is 9.36 Å². The van der Waals surface area contributed by atoms with Gasteiger partial charge in [0.1, 0.15) is 11.3 Å². The van der Waals surface area contributed by atoms with Crippen molar-refractivity contribution in [1.82, 2.24) is 9.55 Å². The fourth-order valence-corrected chi connectivity index (χ4v) is 4.29. The molecule has 0 aliphatic rings. The van der Waals surface area contributed by atoms with Crippen LogP contribution in [0.5, 0.6) is 5.75 Å². The minimum absolute atomic E-state index is 0.178. The molecule has 6 nitrogen and oxygen atoms in total. The average molecular weight is 429 g/mol. The highest BCUT2D eigenvalue weighted by molar-refractivity contribution is 7.12. The average Bonchev–Trinajstić information content (AvgIpc) is 3.28. The summed E-state index contributed by atoms with van der Waals surface area (Å²) in [5.41, 5.74) is 2.96. The molecule has 3 aromatic heterocycles. The topological polar surface area (TPSA) is 74.3 Å². The number of rotatable bonds is 5. The van der Waals surface area contributed by atoms with E-state index in [0.29, 0.717) is 16.2 Å². The minimum Gasteiger partial charge on any atom is -0.484 e. The summed E-state index contributed by atoms with van der Waals surface area (Å²) in [4.78, 5) is 28.7. The predicted molar refractivity (Wildman–Crippen MR) is 113 cm³/mol. The van der Waals surface area contributed by atoms with Crippen LogP contribution < -0.4 is 10.4 Å². The SMILES string of the molecule is Cc1cc(=O)oc2cc(OCC(=O)c3cc(C)n(-c4nccs4)c3C)c(Cl)cc12. The molecule has 0 N–H and O–H groups in total. The van der Waals surface area contributed by atoms with Crippen LogP contribution in [-0.2, 0) is 0 Å². The number of carbonyl (C=O) groups excluding carboxylic acids is 1. The zero-order chi connectivity index (χ0) is 20.7. The van der Waals surface area contributed by atoms with Crippen LogP contribution in [0.4, 0.5) is 0 Å². The molecule has 3 heterocycles. The number of aromatic nitrogens is 2. The van der Waals surface area contributed by atoms with Crippen molar-refractivity contribution >= 4 is 39.7 Å². The van der Waals surface area contributed by atoms with Gasteiger partial charge in [0.25, 0.3) is 0 Å². The summed E-state index contributed by atoms with van der Waals surface area (Å²) in [5.74, 6) is 0.109. The first-order chi connectivity index (χ1) is 13.8. The van der Waals surface area contributed by atoms with Gasteiger partial charge in [0, 0.05) is 46.0 Å². The van der Waals surface area contributed by atoms with Gasteiger partial charge in [0.2, 0.25) is 5.78 Å². The van der Waals surface area contributed by atoms with Crippen LogP contribution >= 0.6 is 22.9 Å². The van der Waals surface area contributed by atoms with Gasteiger partial charge in [0.05, 0.1) is 5.02 Å². The van der Waals surface area contributed by atoms with Crippen LogP contribution in [0.15, 0.2) is 45.1 Å². The van der Waals surface area contributed by atoms with Gasteiger partial charge in [-0.15, -0.1) is 11.3 Å². The number of nitrogens with zero attached hydrogens (tertiary/aromatic N) is 2. The predicted octanol–water partition coefficient (Wildman–Crippen LogP) is 4.88. The van der Waals surface area contributed by atoms with E-state index in [0.717, 1.165) is 27.5 Å². The quantitative estimate of drug-likeness (QED) is 0.334. The van der Waals surface area contributed by atoms with E-state index in [9.17, 15) is 9.59 Å². The number of fused-ring (bicyclic) bond motifs is 1. The zero-order valence-corrected chi connectivity index (χ0v) is 17.6. The summed E-state index contributed by atoms with van der Waals surface area (Å²) >= 11 is 7.81. The summed E-state index contributed by atoms with van der Waals surface area (Å²) in [6.45, 7) is 5.42. The maximum atomic E-state index is 12.8. The number of hydrogen-bond donors (Lipinski definition) is 0. The molecule has 0 atom stereocenters. The third-order valence-corrected chi connectivity index (χ3v) is 5.76. The lowest BCUT2D eigenvalue weighted by Crippen LogP contribution is -2.13. The first-order valence-corrected chi connectivity index (χ1v) is 10.1. The standard InChI is InChI=1S/C21H17ClN2O4S/c1-11-6-20(26)28-18-9-19(16(22)8-14(11)18)27-10-17(25)15-7-12(2)24(13(15)3)21-23-4-5-29-21/h4-9H,10H2,1-3H3. The molecule has 0 unspecified atom stereocenters. The number of thiazole rings is 1. The Labute approximate surface area is 175 Å². The molecule has 29 heavy (non-hydrogen) atoms.